The molecule has 0 aromatic heterocycles. The second-order valence-electron chi connectivity index (χ2n) is 5.80. The lowest BCUT2D eigenvalue weighted by Crippen LogP contribution is -2.08. The van der Waals surface area contributed by atoms with Crippen LogP contribution in [0, 0.1) is 5.92 Å². The Morgan fingerprint density at radius 1 is 1.29 bits per heavy atom. The molecule has 2 unspecified atom stereocenters. The average molecular weight is 279 g/mol. The van der Waals surface area contributed by atoms with Crippen LogP contribution in [0.25, 0.3) is 5.57 Å². The van der Waals surface area contributed by atoms with Gasteiger partial charge in [0.2, 0.25) is 0 Å². The molecule has 1 nitrogen and oxygen atoms in total. The number of hydrogen-bond acceptors (Lipinski definition) is 1. The van der Waals surface area contributed by atoms with E-state index in [0.29, 0.717) is 5.92 Å². The molecule has 2 N–H and O–H groups in total. The Labute approximate surface area is 128 Å². The quantitative estimate of drug-likeness (QED) is 0.809. The smallest absolute Gasteiger partial charge is 0.0292 e. The summed E-state index contributed by atoms with van der Waals surface area (Å²) in [4.78, 5) is 0. The Kier molecular flexibility index (Phi) is 4.98. The van der Waals surface area contributed by atoms with Crippen LogP contribution in [0.3, 0.4) is 0 Å². The van der Waals surface area contributed by atoms with Crippen LogP contribution in [-0.4, -0.2) is 0 Å². The summed E-state index contributed by atoms with van der Waals surface area (Å²) in [5.41, 5.74) is 12.1. The molecule has 0 heterocycles. The Morgan fingerprint density at radius 2 is 2.05 bits per heavy atom. The molecule has 1 aliphatic carbocycles. The summed E-state index contributed by atoms with van der Waals surface area (Å²) in [6.45, 7) is 10.7. The van der Waals surface area contributed by atoms with Gasteiger partial charge in [0, 0.05) is 6.04 Å². The van der Waals surface area contributed by atoms with Crippen molar-refractivity contribution in [2.45, 2.75) is 33.2 Å². The molecule has 0 bridgehead atoms. The third-order valence-corrected chi connectivity index (χ3v) is 4.23. The van der Waals surface area contributed by atoms with E-state index >= 15 is 0 Å². The third-order valence-electron chi connectivity index (χ3n) is 4.23. The molecule has 0 aliphatic heterocycles. The lowest BCUT2D eigenvalue weighted by atomic mass is 9.90. The molecule has 0 saturated carbocycles. The fourth-order valence-electron chi connectivity index (χ4n) is 2.43. The zero-order valence-electron chi connectivity index (χ0n) is 13.3. The van der Waals surface area contributed by atoms with E-state index in [1.165, 1.54) is 22.3 Å². The van der Waals surface area contributed by atoms with Crippen molar-refractivity contribution in [2.75, 3.05) is 0 Å². The lowest BCUT2D eigenvalue weighted by molar-refractivity contribution is 0.698. The first-order valence-corrected chi connectivity index (χ1v) is 7.64. The molecule has 1 aliphatic rings. The van der Waals surface area contributed by atoms with Crippen molar-refractivity contribution >= 4 is 5.57 Å². The largest absolute Gasteiger partial charge is 0.324 e. The molecule has 110 valence electrons. The van der Waals surface area contributed by atoms with Gasteiger partial charge in [0.25, 0.3) is 0 Å². The summed E-state index contributed by atoms with van der Waals surface area (Å²) in [6.07, 6.45) is 9.65. The maximum absolute atomic E-state index is 6.16. The number of allylic oxidation sites excluding steroid dienone is 7. The van der Waals surface area contributed by atoms with Gasteiger partial charge in [-0.2, -0.15) is 0 Å². The molecule has 2 rings (SSSR count). The standard InChI is InChI=1S/C20H25N/c1-5-20(21)18-8-6-7-17(13-18)19-12-11-15(3)14(2)9-10-16(19)4/h6-14,20H,4-5,21H2,1-3H3/b10-9-,15-11-,19-12+. The van der Waals surface area contributed by atoms with Crippen molar-refractivity contribution in [3.05, 3.63) is 77.4 Å². The van der Waals surface area contributed by atoms with Crippen LogP contribution < -0.4 is 5.73 Å². The highest BCUT2D eigenvalue weighted by atomic mass is 14.6. The Balaban J connectivity index is 2.44. The molecular formula is C20H25N. The Morgan fingerprint density at radius 3 is 2.76 bits per heavy atom. The van der Waals surface area contributed by atoms with E-state index in [9.17, 15) is 0 Å². The van der Waals surface area contributed by atoms with Gasteiger partial charge in [0.15, 0.2) is 0 Å². The predicted molar refractivity (Wildman–Crippen MR) is 92.8 cm³/mol. The number of rotatable bonds is 3. The number of nitrogens with two attached hydrogens (primary N) is 1. The average Bonchev–Trinajstić information content (AvgIpc) is 2.50. The first-order chi connectivity index (χ1) is 10.0. The molecular weight excluding hydrogens is 254 g/mol. The van der Waals surface area contributed by atoms with Gasteiger partial charge in [0.1, 0.15) is 0 Å². The molecule has 1 aromatic rings. The van der Waals surface area contributed by atoms with Crippen molar-refractivity contribution in [1.29, 1.82) is 0 Å². The normalized spacial score (nSPS) is 26.9. The van der Waals surface area contributed by atoms with Crippen LogP contribution in [0.2, 0.25) is 0 Å². The van der Waals surface area contributed by atoms with Crippen LogP contribution in [0.4, 0.5) is 0 Å². The maximum Gasteiger partial charge on any atom is 0.0292 e. The molecule has 21 heavy (non-hydrogen) atoms. The summed E-state index contributed by atoms with van der Waals surface area (Å²) >= 11 is 0. The Bertz CT molecular complexity index is 616. The van der Waals surface area contributed by atoms with Crippen molar-refractivity contribution in [1.82, 2.24) is 0 Å². The predicted octanol–water partition coefficient (Wildman–Crippen LogP) is 5.19. The van der Waals surface area contributed by atoms with E-state index in [1.807, 2.05) is 0 Å². The third kappa shape index (κ3) is 3.62. The minimum absolute atomic E-state index is 0.0974. The minimum atomic E-state index is 0.0974. The fraction of sp³-hybridized carbons (Fsp3) is 0.300. The van der Waals surface area contributed by atoms with Crippen molar-refractivity contribution in [2.24, 2.45) is 11.7 Å². The molecule has 0 spiro atoms. The molecule has 1 aromatic carbocycles. The maximum atomic E-state index is 6.16. The summed E-state index contributed by atoms with van der Waals surface area (Å²) in [5.74, 6) is 0.458. The molecule has 2 atom stereocenters. The molecule has 0 amide bonds. The lowest BCUT2D eigenvalue weighted by Gasteiger charge is -2.16. The van der Waals surface area contributed by atoms with Gasteiger partial charge >= 0.3 is 0 Å². The monoisotopic (exact) mass is 279 g/mol. The van der Waals surface area contributed by atoms with E-state index in [-0.39, 0.29) is 6.04 Å². The second kappa shape index (κ2) is 6.73. The summed E-state index contributed by atoms with van der Waals surface area (Å²) in [7, 11) is 0. The van der Waals surface area contributed by atoms with E-state index in [4.69, 9.17) is 5.73 Å². The SMILES string of the molecule is C=C1/C=C\C(C)/C(C)=C\C=C/1c1cccc(C(N)CC)c1. The number of benzene rings is 1. The van der Waals surface area contributed by atoms with E-state index in [0.717, 1.165) is 12.0 Å². The van der Waals surface area contributed by atoms with Crippen LogP contribution >= 0.6 is 0 Å². The van der Waals surface area contributed by atoms with Crippen molar-refractivity contribution in [3.63, 3.8) is 0 Å². The summed E-state index contributed by atoms with van der Waals surface area (Å²) in [6, 6.07) is 8.59. The Hall–Kier alpha value is -1.86. The highest BCUT2D eigenvalue weighted by Crippen LogP contribution is 2.28. The van der Waals surface area contributed by atoms with Crippen molar-refractivity contribution < 1.29 is 0 Å². The van der Waals surface area contributed by atoms with Gasteiger partial charge < -0.3 is 5.73 Å². The summed E-state index contributed by atoms with van der Waals surface area (Å²) in [5, 5.41) is 0. The van der Waals surface area contributed by atoms with E-state index in [1.54, 1.807) is 0 Å². The number of hydrogen-bond donors (Lipinski definition) is 1. The van der Waals surface area contributed by atoms with Crippen LogP contribution in [0.5, 0.6) is 0 Å². The molecule has 0 radical (unpaired) electrons. The van der Waals surface area contributed by atoms with Gasteiger partial charge in [-0.15, -0.1) is 0 Å². The van der Waals surface area contributed by atoms with Crippen LogP contribution in [0.1, 0.15) is 44.4 Å². The van der Waals surface area contributed by atoms with E-state index < -0.39 is 0 Å². The van der Waals surface area contributed by atoms with E-state index in [2.05, 4.69) is 75.9 Å². The fourth-order valence-corrected chi connectivity index (χ4v) is 2.43. The molecule has 0 saturated heterocycles. The molecule has 1 heteroatoms. The van der Waals surface area contributed by atoms with Crippen molar-refractivity contribution in [3.8, 4) is 0 Å². The zero-order chi connectivity index (χ0) is 15.4. The first-order valence-electron chi connectivity index (χ1n) is 7.64. The van der Waals surface area contributed by atoms with Gasteiger partial charge in [-0.05, 0) is 47.6 Å². The highest BCUT2D eigenvalue weighted by Gasteiger charge is 2.10. The van der Waals surface area contributed by atoms with Gasteiger partial charge in [-0.1, -0.05) is 68.5 Å². The van der Waals surface area contributed by atoms with Gasteiger partial charge in [0.05, 0.1) is 0 Å². The second-order valence-corrected chi connectivity index (χ2v) is 5.80. The first kappa shape index (κ1) is 15.5. The zero-order valence-corrected chi connectivity index (χ0v) is 13.3. The molecule has 0 fully saturated rings. The highest BCUT2D eigenvalue weighted by molar-refractivity contribution is 5.82. The summed E-state index contributed by atoms with van der Waals surface area (Å²) < 4.78 is 0. The minimum Gasteiger partial charge on any atom is -0.324 e. The van der Waals surface area contributed by atoms with Gasteiger partial charge in [-0.25, -0.2) is 0 Å². The van der Waals surface area contributed by atoms with Crippen LogP contribution in [0.15, 0.2) is 66.3 Å². The van der Waals surface area contributed by atoms with Crippen LogP contribution in [-0.2, 0) is 0 Å². The van der Waals surface area contributed by atoms with Gasteiger partial charge in [-0.3, -0.25) is 0 Å². The topological polar surface area (TPSA) is 26.0 Å².